The molecule has 0 radical (unpaired) electrons. The minimum Gasteiger partial charge on any atom is -0.353 e. The first kappa shape index (κ1) is 21.6. The minimum absolute atomic E-state index is 0. The average Bonchev–Trinajstić information content (AvgIpc) is 3.40. The largest absolute Gasteiger partial charge is 0.353 e. The minimum atomic E-state index is -0.775. The van der Waals surface area contributed by atoms with E-state index >= 15 is 0 Å². The smallest absolute Gasteiger partial charge is 0.322 e. The molecular weight excluding hydrogens is 469 g/mol. The molecule has 3 amide bonds. The van der Waals surface area contributed by atoms with Gasteiger partial charge in [0.15, 0.2) is 5.96 Å². The average molecular weight is 503 g/mol. The van der Waals surface area contributed by atoms with E-state index in [0.717, 1.165) is 43.7 Å². The lowest BCUT2D eigenvalue weighted by molar-refractivity contribution is -0.125. The number of piperidine rings is 1. The summed E-state index contributed by atoms with van der Waals surface area (Å²) in [5.41, 5.74) is -0.775. The number of carbonyl (C=O) groups excluding carboxylic acids is 2. The number of aliphatic imine (C=N–C) groups is 1. The van der Waals surface area contributed by atoms with Gasteiger partial charge in [-0.2, -0.15) is 0 Å². The van der Waals surface area contributed by atoms with Gasteiger partial charge in [0.25, 0.3) is 5.91 Å². The molecule has 0 spiro atoms. The zero-order valence-electron chi connectivity index (χ0n) is 17.0. The van der Waals surface area contributed by atoms with E-state index in [1.165, 1.54) is 38.5 Å². The van der Waals surface area contributed by atoms with Crippen molar-refractivity contribution in [2.45, 2.75) is 69.9 Å². The summed E-state index contributed by atoms with van der Waals surface area (Å²) in [7, 11) is 1.86. The zero-order valence-corrected chi connectivity index (χ0v) is 19.3. The van der Waals surface area contributed by atoms with Crippen molar-refractivity contribution in [2.75, 3.05) is 20.1 Å². The highest BCUT2D eigenvalue weighted by Crippen LogP contribution is 2.44. The van der Waals surface area contributed by atoms with E-state index < -0.39 is 5.54 Å². The van der Waals surface area contributed by atoms with Gasteiger partial charge in [-0.25, -0.2) is 4.79 Å². The molecule has 2 heterocycles. The molecule has 4 aliphatic rings. The maximum absolute atomic E-state index is 12.2. The number of carbonyl (C=O) groups is 2. The van der Waals surface area contributed by atoms with Crippen LogP contribution in [0.3, 0.4) is 0 Å². The monoisotopic (exact) mass is 503 g/mol. The Morgan fingerprint density at radius 1 is 1.14 bits per heavy atom. The Morgan fingerprint density at radius 3 is 2.39 bits per heavy atom. The van der Waals surface area contributed by atoms with Crippen LogP contribution in [-0.2, 0) is 4.79 Å². The molecule has 2 saturated carbocycles. The molecular formula is C20H34IN5O2. The molecule has 3 unspecified atom stereocenters. The quantitative estimate of drug-likeness (QED) is 0.239. The maximum Gasteiger partial charge on any atom is 0.322 e. The molecule has 2 saturated heterocycles. The molecule has 28 heavy (non-hydrogen) atoms. The fourth-order valence-corrected chi connectivity index (χ4v) is 5.44. The van der Waals surface area contributed by atoms with E-state index in [4.69, 9.17) is 0 Å². The van der Waals surface area contributed by atoms with Gasteiger partial charge in [0.2, 0.25) is 0 Å². The van der Waals surface area contributed by atoms with Gasteiger partial charge in [-0.3, -0.25) is 15.1 Å². The first-order valence-electron chi connectivity index (χ1n) is 10.6. The fraction of sp³-hybridized carbons (Fsp3) is 0.850. The number of hydrogen-bond donors (Lipinski definition) is 3. The van der Waals surface area contributed by atoms with Crippen molar-refractivity contribution in [2.24, 2.45) is 22.7 Å². The van der Waals surface area contributed by atoms with Crippen molar-refractivity contribution in [3.05, 3.63) is 0 Å². The summed E-state index contributed by atoms with van der Waals surface area (Å²) in [6.07, 6.45) is 10.1. The highest BCUT2D eigenvalue weighted by molar-refractivity contribution is 14.0. The van der Waals surface area contributed by atoms with Crippen LogP contribution in [0.2, 0.25) is 0 Å². The van der Waals surface area contributed by atoms with E-state index in [1.807, 2.05) is 14.0 Å². The molecule has 0 aromatic heterocycles. The van der Waals surface area contributed by atoms with Gasteiger partial charge in [-0.1, -0.05) is 32.1 Å². The number of rotatable bonds is 3. The Bertz CT molecular complexity index is 628. The molecule has 8 heteroatoms. The summed E-state index contributed by atoms with van der Waals surface area (Å²) >= 11 is 0. The van der Waals surface area contributed by atoms with E-state index in [9.17, 15) is 9.59 Å². The van der Waals surface area contributed by atoms with Gasteiger partial charge in [-0.05, 0) is 43.9 Å². The predicted octanol–water partition coefficient (Wildman–Crippen LogP) is 2.46. The molecule has 2 aliphatic carbocycles. The van der Waals surface area contributed by atoms with E-state index in [0.29, 0.717) is 6.04 Å². The SMILES string of the molecule is CN=C(NC1CC1C1CCCCC1)N1CCC(C2(C)NC(=O)NC2=O)CC1.I. The lowest BCUT2D eigenvalue weighted by Gasteiger charge is -2.39. The number of urea groups is 1. The Balaban J connectivity index is 0.00000225. The van der Waals surface area contributed by atoms with Crippen LogP contribution < -0.4 is 16.0 Å². The third-order valence-corrected chi connectivity index (χ3v) is 7.30. The molecule has 0 bridgehead atoms. The number of hydrogen-bond acceptors (Lipinski definition) is 3. The Labute approximate surface area is 184 Å². The summed E-state index contributed by atoms with van der Waals surface area (Å²) in [6, 6.07) is 0.215. The normalized spacial score (nSPS) is 34.5. The fourth-order valence-electron chi connectivity index (χ4n) is 5.44. The van der Waals surface area contributed by atoms with Crippen LogP contribution in [0.5, 0.6) is 0 Å². The Morgan fingerprint density at radius 2 is 1.82 bits per heavy atom. The third kappa shape index (κ3) is 4.26. The summed E-state index contributed by atoms with van der Waals surface area (Å²) in [4.78, 5) is 30.5. The molecule has 4 fully saturated rings. The number of halogens is 1. The number of amides is 3. The van der Waals surface area contributed by atoms with Crippen LogP contribution in [0, 0.1) is 17.8 Å². The summed E-state index contributed by atoms with van der Waals surface area (Å²) in [6.45, 7) is 3.58. The molecule has 7 nitrogen and oxygen atoms in total. The van der Waals surface area contributed by atoms with Crippen LogP contribution in [-0.4, -0.2) is 54.5 Å². The van der Waals surface area contributed by atoms with Crippen LogP contribution >= 0.6 is 24.0 Å². The van der Waals surface area contributed by atoms with E-state index in [-0.39, 0.29) is 41.8 Å². The highest BCUT2D eigenvalue weighted by Gasteiger charge is 2.49. The van der Waals surface area contributed by atoms with Crippen LogP contribution in [0.25, 0.3) is 0 Å². The number of imide groups is 1. The van der Waals surface area contributed by atoms with Gasteiger partial charge in [-0.15, -0.1) is 24.0 Å². The van der Waals surface area contributed by atoms with Crippen molar-refractivity contribution >= 4 is 41.9 Å². The van der Waals surface area contributed by atoms with Gasteiger partial charge in [0, 0.05) is 26.2 Å². The van der Waals surface area contributed by atoms with E-state index in [1.54, 1.807) is 0 Å². The van der Waals surface area contributed by atoms with Crippen molar-refractivity contribution < 1.29 is 9.59 Å². The number of nitrogens with one attached hydrogen (secondary N) is 3. The molecule has 158 valence electrons. The van der Waals surface area contributed by atoms with Gasteiger partial charge < -0.3 is 15.5 Å². The van der Waals surface area contributed by atoms with Crippen molar-refractivity contribution in [1.82, 2.24) is 20.9 Å². The molecule has 3 atom stereocenters. The van der Waals surface area contributed by atoms with Crippen LogP contribution in [0.4, 0.5) is 4.79 Å². The number of guanidine groups is 1. The topological polar surface area (TPSA) is 85.8 Å². The second-order valence-corrected chi connectivity index (χ2v) is 8.97. The number of likely N-dealkylation sites (tertiary alicyclic amines) is 1. The zero-order chi connectivity index (χ0) is 19.0. The van der Waals surface area contributed by atoms with Crippen molar-refractivity contribution in [3.63, 3.8) is 0 Å². The van der Waals surface area contributed by atoms with Crippen molar-refractivity contribution in [3.8, 4) is 0 Å². The molecule has 4 rings (SSSR count). The predicted molar refractivity (Wildman–Crippen MR) is 120 cm³/mol. The molecule has 0 aromatic carbocycles. The highest BCUT2D eigenvalue weighted by atomic mass is 127. The van der Waals surface area contributed by atoms with Crippen LogP contribution in [0.1, 0.15) is 58.3 Å². The standard InChI is InChI=1S/C20H33N5O2.HI/c1-20(17(26)23-19(27)24-20)14-8-10-25(11-9-14)18(21-2)22-16-12-15(16)13-6-4-3-5-7-13;/h13-16H,3-12H2,1-2H3,(H,21,22)(H2,23,24,26,27);1H. The number of nitrogens with zero attached hydrogens (tertiary/aromatic N) is 2. The first-order valence-corrected chi connectivity index (χ1v) is 10.6. The third-order valence-electron chi connectivity index (χ3n) is 7.30. The van der Waals surface area contributed by atoms with Gasteiger partial charge in [0.1, 0.15) is 5.54 Å². The molecule has 2 aliphatic heterocycles. The summed E-state index contributed by atoms with van der Waals surface area (Å²) in [5.74, 6) is 2.71. The Hall–Kier alpha value is -1.06. The molecule has 3 N–H and O–H groups in total. The maximum atomic E-state index is 12.2. The van der Waals surface area contributed by atoms with Crippen LogP contribution in [0.15, 0.2) is 4.99 Å². The van der Waals surface area contributed by atoms with Gasteiger partial charge in [0.05, 0.1) is 0 Å². The lowest BCUT2D eigenvalue weighted by Crippen LogP contribution is -2.55. The lowest BCUT2D eigenvalue weighted by atomic mass is 9.79. The second kappa shape index (κ2) is 8.75. The molecule has 0 aromatic rings. The van der Waals surface area contributed by atoms with Crippen molar-refractivity contribution in [1.29, 1.82) is 0 Å². The second-order valence-electron chi connectivity index (χ2n) is 8.97. The Kier molecular flexibility index (Phi) is 6.76. The summed E-state index contributed by atoms with van der Waals surface area (Å²) in [5, 5.41) is 8.90. The van der Waals surface area contributed by atoms with E-state index in [2.05, 4.69) is 25.8 Å². The first-order chi connectivity index (χ1) is 13.0. The summed E-state index contributed by atoms with van der Waals surface area (Å²) < 4.78 is 0. The van der Waals surface area contributed by atoms with Gasteiger partial charge >= 0.3 is 6.03 Å².